The number of aliphatic hydroxyl groups excluding tert-OH is 1. The zero-order chi connectivity index (χ0) is 13.8. The van der Waals surface area contributed by atoms with Crippen LogP contribution in [0.25, 0.3) is 0 Å². The van der Waals surface area contributed by atoms with Crippen molar-refractivity contribution in [3.05, 3.63) is 64.7 Å². The smallest absolute Gasteiger partial charge is 0.125 e. The van der Waals surface area contributed by atoms with E-state index in [1.165, 1.54) is 0 Å². The van der Waals surface area contributed by atoms with E-state index in [0.717, 1.165) is 28.0 Å². The fraction of sp³-hybridized carbons (Fsp3) is 0.294. The second-order valence-electron chi connectivity index (χ2n) is 4.90. The van der Waals surface area contributed by atoms with Gasteiger partial charge in [0.05, 0.1) is 13.2 Å². The molecular weight excluding hydrogens is 236 g/mol. The van der Waals surface area contributed by atoms with Crippen LogP contribution in [-0.4, -0.2) is 12.2 Å². The van der Waals surface area contributed by atoms with E-state index in [0.29, 0.717) is 6.42 Å². The zero-order valence-electron chi connectivity index (χ0n) is 11.7. The third kappa shape index (κ3) is 3.15. The van der Waals surface area contributed by atoms with Gasteiger partial charge in [0.15, 0.2) is 0 Å². The highest BCUT2D eigenvalue weighted by molar-refractivity contribution is 5.45. The van der Waals surface area contributed by atoms with Gasteiger partial charge in [-0.15, -0.1) is 0 Å². The van der Waals surface area contributed by atoms with E-state index in [1.54, 1.807) is 7.11 Å². The third-order valence-corrected chi connectivity index (χ3v) is 3.32. The second-order valence-corrected chi connectivity index (χ2v) is 4.90. The molecule has 0 heterocycles. The Morgan fingerprint density at radius 3 is 2.42 bits per heavy atom. The van der Waals surface area contributed by atoms with E-state index < -0.39 is 6.10 Å². The van der Waals surface area contributed by atoms with Crippen molar-refractivity contribution < 1.29 is 9.84 Å². The van der Waals surface area contributed by atoms with Gasteiger partial charge in [0.1, 0.15) is 5.75 Å². The van der Waals surface area contributed by atoms with Crippen molar-refractivity contribution in [3.8, 4) is 5.75 Å². The molecule has 0 saturated carbocycles. The van der Waals surface area contributed by atoms with Gasteiger partial charge >= 0.3 is 0 Å². The summed E-state index contributed by atoms with van der Waals surface area (Å²) >= 11 is 0. The lowest BCUT2D eigenvalue weighted by Crippen LogP contribution is -2.06. The van der Waals surface area contributed by atoms with Crippen LogP contribution in [0.3, 0.4) is 0 Å². The Morgan fingerprint density at radius 2 is 1.79 bits per heavy atom. The van der Waals surface area contributed by atoms with Gasteiger partial charge in [0, 0.05) is 12.0 Å². The van der Waals surface area contributed by atoms with Crippen LogP contribution < -0.4 is 4.74 Å². The monoisotopic (exact) mass is 256 g/mol. The lowest BCUT2D eigenvalue weighted by atomic mass is 9.95. The summed E-state index contributed by atoms with van der Waals surface area (Å²) in [5.41, 5.74) is 4.22. The molecule has 100 valence electrons. The van der Waals surface area contributed by atoms with Crippen molar-refractivity contribution in [3.63, 3.8) is 0 Å². The van der Waals surface area contributed by atoms with E-state index in [1.807, 2.05) is 50.2 Å². The molecule has 1 atom stereocenters. The lowest BCUT2D eigenvalue weighted by Gasteiger charge is -2.18. The third-order valence-electron chi connectivity index (χ3n) is 3.32. The van der Waals surface area contributed by atoms with Crippen molar-refractivity contribution in [2.45, 2.75) is 26.4 Å². The van der Waals surface area contributed by atoms with E-state index >= 15 is 0 Å². The minimum absolute atomic E-state index is 0.544. The van der Waals surface area contributed by atoms with Gasteiger partial charge in [-0.2, -0.15) is 0 Å². The minimum atomic E-state index is -0.544. The number of aliphatic hydroxyl groups is 1. The molecule has 0 spiro atoms. The second kappa shape index (κ2) is 5.89. The van der Waals surface area contributed by atoms with Gasteiger partial charge in [-0.25, -0.2) is 0 Å². The molecule has 0 aromatic heterocycles. The van der Waals surface area contributed by atoms with Crippen LogP contribution in [0.1, 0.15) is 28.4 Å². The first-order chi connectivity index (χ1) is 9.11. The van der Waals surface area contributed by atoms with Crippen LogP contribution in [0.4, 0.5) is 0 Å². The Labute approximate surface area is 114 Å². The Bertz CT molecular complexity index is 547. The molecule has 0 aliphatic heterocycles. The first kappa shape index (κ1) is 13.6. The summed E-state index contributed by atoms with van der Waals surface area (Å²) in [4.78, 5) is 0. The van der Waals surface area contributed by atoms with E-state index in [9.17, 15) is 5.11 Å². The summed E-state index contributed by atoms with van der Waals surface area (Å²) in [6.07, 6.45) is 0.0547. The van der Waals surface area contributed by atoms with Crippen LogP contribution in [0.15, 0.2) is 42.5 Å². The van der Waals surface area contributed by atoms with Crippen molar-refractivity contribution >= 4 is 0 Å². The number of benzene rings is 2. The maximum Gasteiger partial charge on any atom is 0.125 e. The maximum atomic E-state index is 10.5. The van der Waals surface area contributed by atoms with Crippen molar-refractivity contribution in [2.75, 3.05) is 7.11 Å². The molecule has 0 amide bonds. The summed E-state index contributed by atoms with van der Waals surface area (Å²) in [7, 11) is 1.65. The van der Waals surface area contributed by atoms with Crippen LogP contribution in [0.5, 0.6) is 5.75 Å². The highest BCUT2D eigenvalue weighted by Gasteiger charge is 2.17. The van der Waals surface area contributed by atoms with Gasteiger partial charge in [-0.3, -0.25) is 0 Å². The molecule has 2 aromatic rings. The molecule has 1 N–H and O–H groups in total. The van der Waals surface area contributed by atoms with Gasteiger partial charge in [0.2, 0.25) is 0 Å². The summed E-state index contributed by atoms with van der Waals surface area (Å²) in [6.45, 7) is 4.04. The highest BCUT2D eigenvalue weighted by atomic mass is 16.5. The molecule has 2 rings (SSSR count). The van der Waals surface area contributed by atoms with E-state index in [4.69, 9.17) is 4.74 Å². The Kier molecular flexibility index (Phi) is 4.23. The number of ether oxygens (including phenoxy) is 1. The minimum Gasteiger partial charge on any atom is -0.496 e. The van der Waals surface area contributed by atoms with Crippen molar-refractivity contribution in [1.29, 1.82) is 0 Å². The summed E-state index contributed by atoms with van der Waals surface area (Å²) in [5, 5.41) is 10.5. The number of hydrogen-bond donors (Lipinski definition) is 1. The van der Waals surface area contributed by atoms with Gasteiger partial charge in [-0.05, 0) is 36.6 Å². The predicted octanol–water partition coefficient (Wildman–Crippen LogP) is 3.59. The van der Waals surface area contributed by atoms with Crippen molar-refractivity contribution in [1.82, 2.24) is 0 Å². The Morgan fingerprint density at radius 1 is 1.11 bits per heavy atom. The van der Waals surface area contributed by atoms with Crippen LogP contribution in [0.2, 0.25) is 0 Å². The highest BCUT2D eigenvalue weighted by Crippen LogP contribution is 2.31. The first-order valence-corrected chi connectivity index (χ1v) is 6.49. The molecule has 0 saturated heterocycles. The fourth-order valence-electron chi connectivity index (χ4n) is 2.48. The quantitative estimate of drug-likeness (QED) is 0.906. The zero-order valence-corrected chi connectivity index (χ0v) is 11.7. The largest absolute Gasteiger partial charge is 0.496 e. The normalized spacial score (nSPS) is 12.2. The molecule has 0 aliphatic carbocycles. The first-order valence-electron chi connectivity index (χ1n) is 6.49. The molecule has 0 radical (unpaired) electrons. The van der Waals surface area contributed by atoms with E-state index in [-0.39, 0.29) is 0 Å². The molecule has 2 nitrogen and oxygen atoms in total. The topological polar surface area (TPSA) is 29.5 Å². The average Bonchev–Trinajstić information content (AvgIpc) is 2.38. The van der Waals surface area contributed by atoms with Gasteiger partial charge in [-0.1, -0.05) is 36.4 Å². The molecule has 2 aromatic carbocycles. The van der Waals surface area contributed by atoms with Crippen LogP contribution in [-0.2, 0) is 6.42 Å². The van der Waals surface area contributed by atoms with Crippen molar-refractivity contribution in [2.24, 2.45) is 0 Å². The number of rotatable bonds is 4. The number of methoxy groups -OCH3 is 1. The lowest BCUT2D eigenvalue weighted by molar-refractivity contribution is 0.173. The summed E-state index contributed by atoms with van der Waals surface area (Å²) in [5.74, 6) is 0.765. The molecule has 2 heteroatoms. The van der Waals surface area contributed by atoms with E-state index in [2.05, 4.69) is 6.07 Å². The Hall–Kier alpha value is -1.80. The maximum absolute atomic E-state index is 10.5. The number of aryl methyl sites for hydroxylation is 2. The van der Waals surface area contributed by atoms with Gasteiger partial charge in [0.25, 0.3) is 0 Å². The molecule has 0 fully saturated rings. The molecule has 0 aliphatic rings. The molecule has 19 heavy (non-hydrogen) atoms. The van der Waals surface area contributed by atoms with Crippen LogP contribution >= 0.6 is 0 Å². The van der Waals surface area contributed by atoms with Crippen LogP contribution in [0, 0.1) is 13.8 Å². The molecule has 0 bridgehead atoms. The van der Waals surface area contributed by atoms with Gasteiger partial charge < -0.3 is 9.84 Å². The molecule has 1 unspecified atom stereocenters. The summed E-state index contributed by atoms with van der Waals surface area (Å²) < 4.78 is 5.41. The standard InChI is InChI=1S/C17H20O2/c1-12-9-13(2)17(16(10-12)19-3)15(18)11-14-7-5-4-6-8-14/h4-10,15,18H,11H2,1-3H3. The molecular formula is C17H20O2. The predicted molar refractivity (Wildman–Crippen MR) is 77.6 cm³/mol. The summed E-state index contributed by atoms with van der Waals surface area (Å²) in [6, 6.07) is 14.1. The average molecular weight is 256 g/mol. The SMILES string of the molecule is COc1cc(C)cc(C)c1C(O)Cc1ccccc1. The fourth-order valence-corrected chi connectivity index (χ4v) is 2.48. The Balaban J connectivity index is 2.31. The number of hydrogen-bond acceptors (Lipinski definition) is 2.